The van der Waals surface area contributed by atoms with E-state index in [1.807, 2.05) is 17.5 Å². The van der Waals surface area contributed by atoms with Crippen LogP contribution in [0.1, 0.15) is 24.6 Å². The minimum atomic E-state index is -0.653. The Hall–Kier alpha value is -2.28. The molecule has 0 bridgehead atoms. The SMILES string of the molecule is CCOC(=O)C1=C(C)OC(N)=C(C(=O)OC)C1c1cccs1. The number of esters is 2. The number of hydrogen-bond donors (Lipinski definition) is 1. The summed E-state index contributed by atoms with van der Waals surface area (Å²) >= 11 is 1.41. The van der Waals surface area contributed by atoms with E-state index in [2.05, 4.69) is 0 Å². The fourth-order valence-corrected chi connectivity index (χ4v) is 3.15. The summed E-state index contributed by atoms with van der Waals surface area (Å²) in [6, 6.07) is 3.65. The smallest absolute Gasteiger partial charge is 0.340 e. The van der Waals surface area contributed by atoms with Crippen LogP contribution < -0.4 is 5.73 Å². The predicted molar refractivity (Wildman–Crippen MR) is 80.7 cm³/mol. The van der Waals surface area contributed by atoms with E-state index in [4.69, 9.17) is 19.9 Å². The van der Waals surface area contributed by atoms with Crippen LogP contribution in [0.25, 0.3) is 0 Å². The van der Waals surface area contributed by atoms with Gasteiger partial charge in [-0.25, -0.2) is 9.59 Å². The maximum Gasteiger partial charge on any atom is 0.340 e. The predicted octanol–water partition coefficient (Wildman–Crippen LogP) is 2.04. The first-order valence-electron chi connectivity index (χ1n) is 6.68. The Morgan fingerprint density at radius 2 is 2.09 bits per heavy atom. The normalized spacial score (nSPS) is 18.0. The van der Waals surface area contributed by atoms with Crippen LogP contribution in [0.2, 0.25) is 0 Å². The molecule has 2 heterocycles. The zero-order valence-electron chi connectivity index (χ0n) is 12.5. The number of rotatable bonds is 4. The van der Waals surface area contributed by atoms with Crippen molar-refractivity contribution in [3.63, 3.8) is 0 Å². The highest BCUT2D eigenvalue weighted by atomic mass is 32.1. The molecule has 0 spiro atoms. The number of nitrogens with two attached hydrogens (primary N) is 1. The molecule has 0 saturated carbocycles. The second kappa shape index (κ2) is 6.65. The molecule has 1 aromatic heterocycles. The monoisotopic (exact) mass is 323 g/mol. The number of allylic oxidation sites excluding steroid dienone is 1. The van der Waals surface area contributed by atoms with E-state index in [1.54, 1.807) is 13.8 Å². The molecule has 7 heteroatoms. The molecule has 1 atom stereocenters. The molecule has 1 unspecified atom stereocenters. The van der Waals surface area contributed by atoms with Crippen LogP contribution in [0.3, 0.4) is 0 Å². The van der Waals surface area contributed by atoms with Crippen molar-refractivity contribution in [3.05, 3.63) is 45.2 Å². The Kier molecular flexibility index (Phi) is 4.87. The van der Waals surface area contributed by atoms with E-state index in [1.165, 1.54) is 18.4 Å². The topological polar surface area (TPSA) is 87.9 Å². The van der Waals surface area contributed by atoms with Crippen molar-refractivity contribution < 1.29 is 23.8 Å². The molecule has 0 radical (unpaired) electrons. The Balaban J connectivity index is 2.58. The van der Waals surface area contributed by atoms with Gasteiger partial charge in [0.05, 0.1) is 25.2 Å². The highest BCUT2D eigenvalue weighted by Crippen LogP contribution is 2.41. The molecule has 2 rings (SSSR count). The van der Waals surface area contributed by atoms with E-state index in [9.17, 15) is 9.59 Å². The number of methoxy groups -OCH3 is 1. The lowest BCUT2D eigenvalue weighted by atomic mass is 9.87. The van der Waals surface area contributed by atoms with Crippen LogP contribution in [-0.4, -0.2) is 25.7 Å². The fraction of sp³-hybridized carbons (Fsp3) is 0.333. The zero-order chi connectivity index (χ0) is 16.3. The lowest BCUT2D eigenvalue weighted by Crippen LogP contribution is -2.29. The Bertz CT molecular complexity index is 645. The number of thiophene rings is 1. The summed E-state index contributed by atoms with van der Waals surface area (Å²) in [5.41, 5.74) is 6.23. The van der Waals surface area contributed by atoms with Crippen LogP contribution >= 0.6 is 11.3 Å². The van der Waals surface area contributed by atoms with Crippen LogP contribution in [0, 0.1) is 0 Å². The standard InChI is InChI=1S/C15H17NO5S/c1-4-20-15(18)10-8(2)21-13(16)12(14(17)19-3)11(10)9-6-5-7-22-9/h5-7,11H,4,16H2,1-3H3. The summed E-state index contributed by atoms with van der Waals surface area (Å²) in [5, 5.41) is 1.86. The summed E-state index contributed by atoms with van der Waals surface area (Å²) in [4.78, 5) is 25.2. The number of carbonyl (C=O) groups is 2. The molecule has 1 aliphatic rings. The van der Waals surface area contributed by atoms with Crippen molar-refractivity contribution in [1.29, 1.82) is 0 Å². The maximum atomic E-state index is 12.3. The van der Waals surface area contributed by atoms with Crippen molar-refractivity contribution in [2.75, 3.05) is 13.7 Å². The molecule has 1 aliphatic heterocycles. The third kappa shape index (κ3) is 2.85. The lowest BCUT2D eigenvalue weighted by molar-refractivity contribution is -0.139. The summed E-state index contributed by atoms with van der Waals surface area (Å²) in [6.07, 6.45) is 0. The van der Waals surface area contributed by atoms with Gasteiger partial charge in [-0.3, -0.25) is 0 Å². The van der Waals surface area contributed by atoms with E-state index < -0.39 is 17.9 Å². The molecule has 22 heavy (non-hydrogen) atoms. The van der Waals surface area contributed by atoms with Gasteiger partial charge >= 0.3 is 11.9 Å². The van der Waals surface area contributed by atoms with Gasteiger partial charge < -0.3 is 19.9 Å². The quantitative estimate of drug-likeness (QED) is 0.853. The number of carbonyl (C=O) groups excluding carboxylic acids is 2. The van der Waals surface area contributed by atoms with Gasteiger partial charge in [-0.1, -0.05) is 6.07 Å². The van der Waals surface area contributed by atoms with E-state index in [0.717, 1.165) is 4.88 Å². The van der Waals surface area contributed by atoms with Gasteiger partial charge in [-0.15, -0.1) is 11.3 Å². The average molecular weight is 323 g/mol. The van der Waals surface area contributed by atoms with E-state index in [-0.39, 0.29) is 23.6 Å². The second-order valence-corrected chi connectivity index (χ2v) is 5.49. The van der Waals surface area contributed by atoms with Gasteiger partial charge in [0.25, 0.3) is 0 Å². The molecular weight excluding hydrogens is 306 g/mol. The highest BCUT2D eigenvalue weighted by molar-refractivity contribution is 7.10. The third-order valence-electron chi connectivity index (χ3n) is 3.21. The van der Waals surface area contributed by atoms with Gasteiger partial charge in [0.15, 0.2) is 0 Å². The summed E-state index contributed by atoms with van der Waals surface area (Å²) in [6.45, 7) is 3.55. The minimum absolute atomic E-state index is 0.0594. The van der Waals surface area contributed by atoms with Crippen molar-refractivity contribution in [2.24, 2.45) is 5.73 Å². The maximum absolute atomic E-state index is 12.3. The molecule has 118 valence electrons. The first kappa shape index (κ1) is 16.1. The minimum Gasteiger partial charge on any atom is -0.465 e. The van der Waals surface area contributed by atoms with E-state index >= 15 is 0 Å². The summed E-state index contributed by atoms with van der Waals surface area (Å²) < 4.78 is 15.2. The molecule has 0 amide bonds. The van der Waals surface area contributed by atoms with Gasteiger partial charge in [-0.2, -0.15) is 0 Å². The van der Waals surface area contributed by atoms with Gasteiger partial charge in [0, 0.05) is 4.88 Å². The molecule has 1 aromatic rings. The van der Waals surface area contributed by atoms with Crippen molar-refractivity contribution in [2.45, 2.75) is 19.8 Å². The zero-order valence-corrected chi connectivity index (χ0v) is 13.4. The van der Waals surface area contributed by atoms with Crippen molar-refractivity contribution >= 4 is 23.3 Å². The molecule has 2 N–H and O–H groups in total. The van der Waals surface area contributed by atoms with Crippen molar-refractivity contribution in [3.8, 4) is 0 Å². The first-order valence-corrected chi connectivity index (χ1v) is 7.56. The van der Waals surface area contributed by atoms with Crippen LogP contribution in [0.15, 0.2) is 40.3 Å². The number of ether oxygens (including phenoxy) is 3. The van der Waals surface area contributed by atoms with E-state index in [0.29, 0.717) is 5.76 Å². The Morgan fingerprint density at radius 1 is 1.36 bits per heavy atom. The summed E-state index contributed by atoms with van der Waals surface area (Å²) in [5.74, 6) is -1.56. The Labute approximate surface area is 132 Å². The Morgan fingerprint density at radius 3 is 2.64 bits per heavy atom. The lowest BCUT2D eigenvalue weighted by Gasteiger charge is -2.27. The molecule has 0 aromatic carbocycles. The van der Waals surface area contributed by atoms with Crippen molar-refractivity contribution in [1.82, 2.24) is 0 Å². The van der Waals surface area contributed by atoms with Crippen LogP contribution in [0.5, 0.6) is 0 Å². The second-order valence-electron chi connectivity index (χ2n) is 4.51. The van der Waals surface area contributed by atoms with Crippen LogP contribution in [-0.2, 0) is 23.8 Å². The first-order chi connectivity index (χ1) is 10.5. The number of hydrogen-bond acceptors (Lipinski definition) is 7. The van der Waals surface area contributed by atoms with Gasteiger partial charge in [0.1, 0.15) is 11.3 Å². The molecule has 6 nitrogen and oxygen atoms in total. The van der Waals surface area contributed by atoms with Gasteiger partial charge in [-0.05, 0) is 25.3 Å². The van der Waals surface area contributed by atoms with Gasteiger partial charge in [0.2, 0.25) is 5.88 Å². The molecule has 0 aliphatic carbocycles. The summed E-state index contributed by atoms with van der Waals surface area (Å²) in [7, 11) is 1.25. The van der Waals surface area contributed by atoms with Crippen LogP contribution in [0.4, 0.5) is 0 Å². The largest absolute Gasteiger partial charge is 0.465 e. The highest BCUT2D eigenvalue weighted by Gasteiger charge is 2.40. The molecule has 0 saturated heterocycles. The average Bonchev–Trinajstić information content (AvgIpc) is 2.99. The third-order valence-corrected chi connectivity index (χ3v) is 4.15. The molecule has 0 fully saturated rings. The fourth-order valence-electron chi connectivity index (χ4n) is 2.30. The molecular formula is C15H17NO5S.